The van der Waals surface area contributed by atoms with E-state index < -0.39 is 0 Å². The number of benzene rings is 1. The third-order valence-electron chi connectivity index (χ3n) is 6.27. The zero-order chi connectivity index (χ0) is 14.0. The van der Waals surface area contributed by atoms with Crippen LogP contribution in [0, 0.1) is 11.8 Å². The molecule has 2 aromatic rings. The van der Waals surface area contributed by atoms with E-state index in [2.05, 4.69) is 36.1 Å². The maximum absolute atomic E-state index is 6.38. The molecule has 0 N–H and O–H groups in total. The highest BCUT2D eigenvalue weighted by Crippen LogP contribution is 2.51. The van der Waals surface area contributed by atoms with Crippen LogP contribution in [0.3, 0.4) is 0 Å². The highest BCUT2D eigenvalue weighted by Gasteiger charge is 2.49. The molecule has 6 rings (SSSR count). The normalized spacial score (nSPS) is 37.5. The van der Waals surface area contributed by atoms with Gasteiger partial charge in [-0.3, -0.25) is 4.90 Å². The lowest BCUT2D eigenvalue weighted by molar-refractivity contribution is -0.0169. The highest BCUT2D eigenvalue weighted by molar-refractivity contribution is 5.82. The molecule has 110 valence electrons. The second kappa shape index (κ2) is 4.36. The first-order valence-corrected chi connectivity index (χ1v) is 8.59. The van der Waals surface area contributed by atoms with E-state index in [1.807, 2.05) is 0 Å². The summed E-state index contributed by atoms with van der Waals surface area (Å²) in [5, 5.41) is 1.37. The third-order valence-corrected chi connectivity index (χ3v) is 6.27. The van der Waals surface area contributed by atoms with E-state index in [1.165, 1.54) is 55.5 Å². The van der Waals surface area contributed by atoms with Crippen molar-refractivity contribution < 1.29 is 4.42 Å². The minimum absolute atomic E-state index is 0.646. The Balaban J connectivity index is 1.69. The summed E-state index contributed by atoms with van der Waals surface area (Å²) in [5.74, 6) is 3.75. The monoisotopic (exact) mass is 281 g/mol. The van der Waals surface area contributed by atoms with Crippen molar-refractivity contribution in [3.05, 3.63) is 35.6 Å². The van der Waals surface area contributed by atoms with Crippen LogP contribution in [0.5, 0.6) is 0 Å². The number of para-hydroxylation sites is 1. The molecule has 21 heavy (non-hydrogen) atoms. The Bertz CT molecular complexity index is 688. The molecule has 4 heterocycles. The van der Waals surface area contributed by atoms with Gasteiger partial charge in [-0.1, -0.05) is 31.5 Å². The first-order valence-electron chi connectivity index (χ1n) is 8.59. The molecule has 0 radical (unpaired) electrons. The van der Waals surface area contributed by atoms with E-state index in [0.29, 0.717) is 5.92 Å². The Morgan fingerprint density at radius 2 is 2.14 bits per heavy atom. The Morgan fingerprint density at radius 1 is 1.24 bits per heavy atom. The topological polar surface area (TPSA) is 16.4 Å². The molecule has 2 saturated heterocycles. The van der Waals surface area contributed by atoms with E-state index in [0.717, 1.165) is 23.5 Å². The molecule has 3 aliphatic heterocycles. The maximum Gasteiger partial charge on any atom is 0.134 e. The number of hydrogen-bond acceptors (Lipinski definition) is 2. The molecule has 1 aromatic heterocycles. The van der Waals surface area contributed by atoms with E-state index in [4.69, 9.17) is 4.42 Å². The van der Waals surface area contributed by atoms with Crippen molar-refractivity contribution in [1.29, 1.82) is 0 Å². The van der Waals surface area contributed by atoms with E-state index in [-0.39, 0.29) is 0 Å². The number of furan rings is 1. The van der Waals surface area contributed by atoms with Gasteiger partial charge in [0.1, 0.15) is 11.3 Å². The predicted octanol–water partition coefficient (Wildman–Crippen LogP) is 4.19. The zero-order valence-corrected chi connectivity index (χ0v) is 12.7. The highest BCUT2D eigenvalue weighted by atomic mass is 16.3. The van der Waals surface area contributed by atoms with Crippen molar-refractivity contribution in [1.82, 2.24) is 4.90 Å². The summed E-state index contributed by atoms with van der Waals surface area (Å²) in [6.07, 6.45) is 5.29. The second-order valence-corrected chi connectivity index (χ2v) is 7.29. The van der Waals surface area contributed by atoms with Crippen molar-refractivity contribution in [2.24, 2.45) is 11.8 Å². The zero-order valence-electron chi connectivity index (χ0n) is 12.7. The molecule has 4 aliphatic rings. The van der Waals surface area contributed by atoms with Gasteiger partial charge in [0.25, 0.3) is 0 Å². The molecule has 1 saturated carbocycles. The smallest absolute Gasteiger partial charge is 0.134 e. The van der Waals surface area contributed by atoms with Crippen LogP contribution in [0.4, 0.5) is 0 Å². The fraction of sp³-hybridized carbons (Fsp3) is 0.579. The summed E-state index contributed by atoms with van der Waals surface area (Å²) in [7, 11) is 0. The number of fused-ring (bicyclic) bond motifs is 4. The van der Waals surface area contributed by atoms with E-state index in [1.54, 1.807) is 0 Å². The van der Waals surface area contributed by atoms with Crippen LogP contribution in [0.15, 0.2) is 28.7 Å². The lowest BCUT2D eigenvalue weighted by Gasteiger charge is -2.52. The van der Waals surface area contributed by atoms with Crippen molar-refractivity contribution >= 4 is 11.0 Å². The fourth-order valence-electron chi connectivity index (χ4n) is 5.49. The van der Waals surface area contributed by atoms with E-state index >= 15 is 0 Å². The average molecular weight is 281 g/mol. The number of piperidine rings is 2. The number of rotatable bonds is 1. The lowest BCUT2D eigenvalue weighted by Crippen LogP contribution is -2.56. The van der Waals surface area contributed by atoms with Crippen LogP contribution < -0.4 is 0 Å². The first kappa shape index (κ1) is 12.3. The molecule has 3 fully saturated rings. The molecule has 2 nitrogen and oxygen atoms in total. The van der Waals surface area contributed by atoms with Gasteiger partial charge >= 0.3 is 0 Å². The van der Waals surface area contributed by atoms with Gasteiger partial charge < -0.3 is 4.42 Å². The van der Waals surface area contributed by atoms with Gasteiger partial charge in [-0.2, -0.15) is 0 Å². The van der Waals surface area contributed by atoms with Crippen LogP contribution in [-0.4, -0.2) is 24.0 Å². The van der Waals surface area contributed by atoms with Crippen LogP contribution in [0.2, 0.25) is 0 Å². The lowest BCUT2D eigenvalue weighted by atomic mass is 9.65. The summed E-state index contributed by atoms with van der Waals surface area (Å²) >= 11 is 0. The largest absolute Gasteiger partial charge is 0.460 e. The average Bonchev–Trinajstić information content (AvgIpc) is 2.86. The summed E-state index contributed by atoms with van der Waals surface area (Å²) in [6.45, 7) is 4.93. The summed E-state index contributed by atoms with van der Waals surface area (Å²) in [4.78, 5) is 2.79. The molecular weight excluding hydrogens is 258 g/mol. The van der Waals surface area contributed by atoms with Gasteiger partial charge in [0.2, 0.25) is 0 Å². The SMILES string of the molecule is CC[C@H]1C[C@H]2C[C@@H]3c4oc5ccccc5c4CCN(C2)[C@H]13. The van der Waals surface area contributed by atoms with Crippen molar-refractivity contribution in [3.63, 3.8) is 0 Å². The first-order chi connectivity index (χ1) is 10.3. The quantitative estimate of drug-likeness (QED) is 0.779. The molecule has 1 unspecified atom stereocenters. The van der Waals surface area contributed by atoms with Crippen LogP contribution in [0.25, 0.3) is 11.0 Å². The maximum atomic E-state index is 6.38. The molecular formula is C19H23NO. The number of hydrogen-bond donors (Lipinski definition) is 0. The standard InChI is InChI=1S/C19H23NO/c1-2-13-9-12-10-16-18(13)20(11-12)8-7-15-14-5-3-4-6-17(14)21-19(15)16/h3-6,12-13,16,18H,2,7-11H2,1H3/t12-,13-,16-,18+/m0/s1. The Labute approximate surface area is 126 Å². The van der Waals surface area contributed by atoms with Crippen LogP contribution >= 0.6 is 0 Å². The Kier molecular flexibility index (Phi) is 2.55. The van der Waals surface area contributed by atoms with Gasteiger partial charge in [0.05, 0.1) is 0 Å². The van der Waals surface area contributed by atoms with Crippen LogP contribution in [0.1, 0.15) is 43.4 Å². The summed E-state index contributed by atoms with van der Waals surface area (Å²) in [5.41, 5.74) is 2.62. The predicted molar refractivity (Wildman–Crippen MR) is 84.5 cm³/mol. The number of nitrogens with zero attached hydrogens (tertiary/aromatic N) is 1. The van der Waals surface area contributed by atoms with Crippen molar-refractivity contribution in [3.8, 4) is 0 Å². The van der Waals surface area contributed by atoms with Crippen molar-refractivity contribution in [2.75, 3.05) is 13.1 Å². The van der Waals surface area contributed by atoms with Gasteiger partial charge in [0.15, 0.2) is 0 Å². The molecule has 0 spiro atoms. The molecule has 1 aliphatic carbocycles. The van der Waals surface area contributed by atoms with Gasteiger partial charge in [-0.05, 0) is 37.2 Å². The Morgan fingerprint density at radius 3 is 3.05 bits per heavy atom. The molecule has 5 atom stereocenters. The molecule has 0 amide bonds. The minimum atomic E-state index is 0.646. The molecule has 1 aromatic carbocycles. The minimum Gasteiger partial charge on any atom is -0.460 e. The summed E-state index contributed by atoms with van der Waals surface area (Å²) < 4.78 is 6.38. The third kappa shape index (κ3) is 1.63. The molecule has 4 bridgehead atoms. The summed E-state index contributed by atoms with van der Waals surface area (Å²) in [6, 6.07) is 9.37. The second-order valence-electron chi connectivity index (χ2n) is 7.29. The van der Waals surface area contributed by atoms with Gasteiger partial charge in [-0.15, -0.1) is 0 Å². The van der Waals surface area contributed by atoms with Gasteiger partial charge in [0, 0.05) is 36.0 Å². The van der Waals surface area contributed by atoms with Crippen LogP contribution in [-0.2, 0) is 6.42 Å². The Hall–Kier alpha value is -1.28. The fourth-order valence-corrected chi connectivity index (χ4v) is 5.49. The van der Waals surface area contributed by atoms with E-state index in [9.17, 15) is 0 Å². The molecule has 2 heteroatoms. The van der Waals surface area contributed by atoms with Crippen molar-refractivity contribution in [2.45, 2.75) is 44.6 Å². The van der Waals surface area contributed by atoms with Gasteiger partial charge in [-0.25, -0.2) is 0 Å².